The molecule has 0 aliphatic heterocycles. The predicted octanol–water partition coefficient (Wildman–Crippen LogP) is 17.3. The molecule has 0 spiro atoms. The third-order valence-electron chi connectivity index (χ3n) is 12.1. The molecule has 0 aromatic heterocycles. The maximum absolute atomic E-state index is 12.8. The molecule has 2 atom stereocenters. The number of carbonyl (C=O) groups excluding carboxylic acids is 3. The quantitative estimate of drug-likeness (QED) is 0.00939. The molecular weight excluding hydrogens is 813 g/mol. The Morgan fingerprint density at radius 2 is 0.769 bits per heavy atom. The van der Waals surface area contributed by atoms with E-state index in [9.17, 15) is 19.6 Å². The highest BCUT2D eigenvalue weighted by molar-refractivity contribution is 5.82. The Balaban J connectivity index is 4.55. The second-order valence-electron chi connectivity index (χ2n) is 18.4. The Morgan fingerprint density at radius 3 is 1.23 bits per heavy atom. The van der Waals surface area contributed by atoms with E-state index in [4.69, 9.17) is 14.2 Å². The van der Waals surface area contributed by atoms with Crippen molar-refractivity contribution in [2.45, 2.75) is 283 Å². The van der Waals surface area contributed by atoms with Crippen LogP contribution in [0.15, 0.2) is 48.6 Å². The second kappa shape index (κ2) is 52.3. The lowest BCUT2D eigenvalue weighted by Crippen LogP contribution is -2.30. The van der Waals surface area contributed by atoms with Gasteiger partial charge >= 0.3 is 17.9 Å². The molecule has 0 radical (unpaired) electrons. The van der Waals surface area contributed by atoms with Gasteiger partial charge in [0, 0.05) is 18.9 Å². The number of allylic oxidation sites excluding steroid dienone is 7. The van der Waals surface area contributed by atoms with E-state index < -0.39 is 12.1 Å². The fraction of sp³-hybridized carbons (Fsp3) is 0.807. The molecular formula is C57H102O8. The number of esters is 3. The fourth-order valence-electron chi connectivity index (χ4n) is 7.87. The highest BCUT2D eigenvalue weighted by atomic mass is 17.1. The lowest BCUT2D eigenvalue weighted by molar-refractivity contribution is -0.281. The summed E-state index contributed by atoms with van der Waals surface area (Å²) in [5, 5.41) is 9.18. The zero-order valence-corrected chi connectivity index (χ0v) is 42.6. The van der Waals surface area contributed by atoms with Gasteiger partial charge in [-0.3, -0.25) is 14.8 Å². The molecule has 0 saturated carbocycles. The Labute approximate surface area is 400 Å². The summed E-state index contributed by atoms with van der Waals surface area (Å²) in [6, 6.07) is 0. The fourth-order valence-corrected chi connectivity index (χ4v) is 7.87. The molecule has 0 aromatic carbocycles. The van der Waals surface area contributed by atoms with Crippen molar-refractivity contribution >= 4 is 17.9 Å². The van der Waals surface area contributed by atoms with E-state index in [1.807, 2.05) is 12.2 Å². The van der Waals surface area contributed by atoms with Gasteiger partial charge < -0.3 is 14.2 Å². The molecule has 0 fully saturated rings. The van der Waals surface area contributed by atoms with E-state index in [2.05, 4.69) is 50.0 Å². The van der Waals surface area contributed by atoms with E-state index in [0.29, 0.717) is 6.42 Å². The van der Waals surface area contributed by atoms with Gasteiger partial charge in [0.05, 0.1) is 6.10 Å². The minimum absolute atomic E-state index is 0.0528. The summed E-state index contributed by atoms with van der Waals surface area (Å²) in [5.74, 6) is -1.22. The van der Waals surface area contributed by atoms with Crippen LogP contribution in [0.4, 0.5) is 0 Å². The van der Waals surface area contributed by atoms with Gasteiger partial charge in [0.2, 0.25) is 0 Å². The van der Waals surface area contributed by atoms with Crippen molar-refractivity contribution in [3.05, 3.63) is 48.6 Å². The standard InChI is InChI=1S/C57H102O8/c1-4-7-10-13-15-17-19-21-23-25-27-29-34-38-43-48-55(58)62-51-54(64-57(60)50-45-40-36-30-28-26-24-22-20-18-16-14-11-8-5-2)52-63-56(59)49-44-39-35-32-31-33-37-42-47-53(65-61)46-41-12-9-6-3/h21-24,35,39,44,49,53-54,61H,4-20,25-34,36-38,40-43,45-48,50-52H2,1-3H3/b23-21-,24-22-,39-35?,49-44?. The van der Waals surface area contributed by atoms with E-state index in [0.717, 1.165) is 116 Å². The molecule has 0 rings (SSSR count). The number of hydrogen-bond acceptors (Lipinski definition) is 8. The minimum atomic E-state index is -0.850. The largest absolute Gasteiger partial charge is 0.462 e. The van der Waals surface area contributed by atoms with Gasteiger partial charge in [0.15, 0.2) is 6.10 Å². The number of unbranched alkanes of at least 4 members (excludes halogenated alkanes) is 29. The van der Waals surface area contributed by atoms with Crippen LogP contribution in [-0.2, 0) is 33.5 Å². The van der Waals surface area contributed by atoms with Crippen LogP contribution in [0.5, 0.6) is 0 Å². The van der Waals surface area contributed by atoms with Crippen LogP contribution >= 0.6 is 0 Å². The summed E-state index contributed by atoms with van der Waals surface area (Å²) in [6.07, 6.45) is 58.5. The van der Waals surface area contributed by atoms with E-state index in [-0.39, 0.29) is 37.7 Å². The van der Waals surface area contributed by atoms with Gasteiger partial charge in [-0.05, 0) is 89.9 Å². The Hall–Kier alpha value is -2.71. The topological polar surface area (TPSA) is 108 Å². The van der Waals surface area contributed by atoms with Crippen LogP contribution in [0.2, 0.25) is 0 Å². The number of rotatable bonds is 50. The van der Waals surface area contributed by atoms with Crippen molar-refractivity contribution in [2.75, 3.05) is 13.2 Å². The van der Waals surface area contributed by atoms with Gasteiger partial charge in [0.25, 0.3) is 0 Å². The predicted molar refractivity (Wildman–Crippen MR) is 273 cm³/mol. The van der Waals surface area contributed by atoms with Crippen LogP contribution in [0.3, 0.4) is 0 Å². The molecule has 8 nitrogen and oxygen atoms in total. The minimum Gasteiger partial charge on any atom is -0.462 e. The molecule has 8 heteroatoms. The third kappa shape index (κ3) is 49.0. The summed E-state index contributed by atoms with van der Waals surface area (Å²) in [6.45, 7) is 6.40. The molecule has 65 heavy (non-hydrogen) atoms. The molecule has 0 aliphatic carbocycles. The molecule has 0 saturated heterocycles. The summed E-state index contributed by atoms with van der Waals surface area (Å²) >= 11 is 0. The third-order valence-corrected chi connectivity index (χ3v) is 12.1. The van der Waals surface area contributed by atoms with Gasteiger partial charge in [0.1, 0.15) is 13.2 Å². The van der Waals surface area contributed by atoms with Crippen LogP contribution in [-0.4, -0.2) is 48.6 Å². The highest BCUT2D eigenvalue weighted by Gasteiger charge is 2.19. The Morgan fingerprint density at radius 1 is 0.400 bits per heavy atom. The second-order valence-corrected chi connectivity index (χ2v) is 18.4. The first-order chi connectivity index (χ1) is 32.0. The molecule has 0 aromatic rings. The van der Waals surface area contributed by atoms with Gasteiger partial charge in [-0.2, -0.15) is 0 Å². The lowest BCUT2D eigenvalue weighted by atomic mass is 10.0. The normalized spacial score (nSPS) is 12.9. The van der Waals surface area contributed by atoms with Crippen molar-refractivity contribution in [3.63, 3.8) is 0 Å². The first-order valence-corrected chi connectivity index (χ1v) is 27.4. The molecule has 378 valence electrons. The summed E-state index contributed by atoms with van der Waals surface area (Å²) < 4.78 is 16.6. The van der Waals surface area contributed by atoms with Crippen molar-refractivity contribution in [1.82, 2.24) is 0 Å². The van der Waals surface area contributed by atoms with Crippen LogP contribution in [0.25, 0.3) is 0 Å². The molecule has 0 bridgehead atoms. The first kappa shape index (κ1) is 62.3. The summed E-state index contributed by atoms with van der Waals surface area (Å²) in [4.78, 5) is 42.6. The molecule has 0 amide bonds. The smallest absolute Gasteiger partial charge is 0.330 e. The lowest BCUT2D eigenvalue weighted by Gasteiger charge is -2.18. The first-order valence-electron chi connectivity index (χ1n) is 27.4. The van der Waals surface area contributed by atoms with Crippen molar-refractivity contribution in [1.29, 1.82) is 0 Å². The Kier molecular flexibility index (Phi) is 50.1. The number of carbonyl (C=O) groups is 3. The van der Waals surface area contributed by atoms with Crippen LogP contribution in [0.1, 0.15) is 271 Å². The van der Waals surface area contributed by atoms with Gasteiger partial charge in [-0.25, -0.2) is 9.68 Å². The van der Waals surface area contributed by atoms with E-state index in [1.54, 1.807) is 6.08 Å². The summed E-state index contributed by atoms with van der Waals surface area (Å²) in [5.41, 5.74) is 0. The number of ether oxygens (including phenoxy) is 3. The summed E-state index contributed by atoms with van der Waals surface area (Å²) in [7, 11) is 0. The van der Waals surface area contributed by atoms with Crippen LogP contribution < -0.4 is 0 Å². The van der Waals surface area contributed by atoms with Crippen LogP contribution in [0, 0.1) is 0 Å². The monoisotopic (exact) mass is 915 g/mol. The average molecular weight is 915 g/mol. The van der Waals surface area contributed by atoms with Crippen molar-refractivity contribution < 1.29 is 38.7 Å². The molecule has 0 heterocycles. The van der Waals surface area contributed by atoms with Gasteiger partial charge in [-0.1, -0.05) is 211 Å². The molecule has 0 aliphatic rings. The number of hydrogen-bond donors (Lipinski definition) is 1. The van der Waals surface area contributed by atoms with Crippen molar-refractivity contribution in [2.24, 2.45) is 0 Å². The maximum atomic E-state index is 12.8. The Bertz CT molecular complexity index is 1160. The SMILES string of the molecule is CCCCCCCC/C=C\CCCCCCCC(=O)OCC(COC(=O)C=CC=CCCCCCCC(CCCCCC)OO)OC(=O)CCCCCCC/C=C\CCCCCCCC. The maximum Gasteiger partial charge on any atom is 0.330 e. The van der Waals surface area contributed by atoms with Crippen molar-refractivity contribution in [3.8, 4) is 0 Å². The molecule has 2 unspecified atom stereocenters. The molecule has 1 N–H and O–H groups in total. The van der Waals surface area contributed by atoms with E-state index >= 15 is 0 Å². The average Bonchev–Trinajstić information content (AvgIpc) is 3.31. The zero-order valence-electron chi connectivity index (χ0n) is 42.6. The highest BCUT2D eigenvalue weighted by Crippen LogP contribution is 2.16. The van der Waals surface area contributed by atoms with E-state index in [1.165, 1.54) is 128 Å². The zero-order chi connectivity index (χ0) is 47.4. The van der Waals surface area contributed by atoms with Gasteiger partial charge in [-0.15, -0.1) is 0 Å².